The first-order valence-corrected chi connectivity index (χ1v) is 7.85. The Kier molecular flexibility index (Phi) is 5.33. The van der Waals surface area contributed by atoms with E-state index in [0.717, 1.165) is 5.56 Å². The number of aryl methyl sites for hydroxylation is 1. The number of hydrogen-bond acceptors (Lipinski definition) is 2. The highest BCUT2D eigenvalue weighted by atomic mass is 35.9. The number of hydrogen-bond donors (Lipinski definition) is 0. The topological polar surface area (TPSA) is 36.2 Å². The largest absolute Gasteiger partial charge is 0.609 e. The molecule has 1 heterocycles. The van der Waals surface area contributed by atoms with Crippen molar-refractivity contribution in [3.63, 3.8) is 0 Å². The van der Waals surface area contributed by atoms with Gasteiger partial charge in [0, 0.05) is 11.6 Å². The Morgan fingerprint density at radius 3 is 2.75 bits per heavy atom. The van der Waals surface area contributed by atoms with Crippen molar-refractivity contribution in [1.29, 1.82) is 0 Å². The summed E-state index contributed by atoms with van der Waals surface area (Å²) in [5, 5.41) is 11.7. The van der Waals surface area contributed by atoms with Crippen LogP contribution in [-0.2, 0) is 4.74 Å². The first-order chi connectivity index (χ1) is 7.56. The molecule has 0 aliphatic rings. The molecule has 1 aromatic heterocycles. The maximum Gasteiger partial charge on any atom is 0.260 e. The van der Waals surface area contributed by atoms with Crippen LogP contribution in [-0.4, -0.2) is 6.61 Å². The third-order valence-electron chi connectivity index (χ3n) is 1.81. The van der Waals surface area contributed by atoms with Gasteiger partial charge in [-0.1, -0.05) is 29.4 Å². The minimum atomic E-state index is -1.55. The van der Waals surface area contributed by atoms with E-state index in [0.29, 0.717) is 6.61 Å². The highest BCUT2D eigenvalue weighted by Gasteiger charge is 2.21. The molecule has 0 spiro atoms. The smallest absolute Gasteiger partial charge is 0.260 e. The lowest BCUT2D eigenvalue weighted by Crippen LogP contribution is -2.33. The van der Waals surface area contributed by atoms with Crippen molar-refractivity contribution >= 4 is 34.5 Å². The lowest BCUT2D eigenvalue weighted by Gasteiger charge is -2.14. The molecule has 3 nitrogen and oxygen atoms in total. The van der Waals surface area contributed by atoms with Crippen molar-refractivity contribution in [1.82, 2.24) is 0 Å². The third-order valence-corrected chi connectivity index (χ3v) is 3.51. The summed E-state index contributed by atoms with van der Waals surface area (Å²) < 4.78 is 6.52. The van der Waals surface area contributed by atoms with E-state index < -0.39 is 12.6 Å². The molecule has 0 unspecified atom stereocenters. The molecular weight excluding hydrogens is 268 g/mol. The SMILES string of the molecule is CCO/C([O-])=C(/[n+]1cccc(C)c1)P(Cl)Cl. The average molecular weight is 280 g/mol. The van der Waals surface area contributed by atoms with Crippen LogP contribution in [0.5, 0.6) is 0 Å². The van der Waals surface area contributed by atoms with Gasteiger partial charge in [-0.3, -0.25) is 0 Å². The molecule has 0 aromatic carbocycles. The quantitative estimate of drug-likeness (QED) is 0.483. The van der Waals surface area contributed by atoms with Gasteiger partial charge in [-0.2, -0.15) is 4.57 Å². The normalized spacial score (nSPS) is 12.6. The molecule has 0 amide bonds. The van der Waals surface area contributed by atoms with Crippen LogP contribution in [0.15, 0.2) is 30.5 Å². The van der Waals surface area contributed by atoms with E-state index in [4.69, 9.17) is 27.2 Å². The summed E-state index contributed by atoms with van der Waals surface area (Å²) >= 11 is 11.7. The van der Waals surface area contributed by atoms with Gasteiger partial charge >= 0.3 is 0 Å². The van der Waals surface area contributed by atoms with Crippen LogP contribution < -0.4 is 9.67 Å². The maximum atomic E-state index is 11.7. The van der Waals surface area contributed by atoms with E-state index in [-0.39, 0.29) is 5.44 Å². The van der Waals surface area contributed by atoms with Gasteiger partial charge in [0.1, 0.15) is 5.95 Å². The van der Waals surface area contributed by atoms with E-state index in [1.807, 2.05) is 19.1 Å². The highest BCUT2D eigenvalue weighted by Crippen LogP contribution is 2.55. The molecule has 0 saturated carbocycles. The molecule has 0 bridgehead atoms. The lowest BCUT2D eigenvalue weighted by atomic mass is 10.3. The monoisotopic (exact) mass is 279 g/mol. The van der Waals surface area contributed by atoms with Crippen molar-refractivity contribution in [2.75, 3.05) is 6.61 Å². The second-order valence-electron chi connectivity index (χ2n) is 3.07. The minimum absolute atomic E-state index is 0.267. The summed E-state index contributed by atoms with van der Waals surface area (Å²) in [5.41, 5.74) is 1.28. The van der Waals surface area contributed by atoms with Gasteiger partial charge in [0.05, 0.1) is 0 Å². The molecule has 88 valence electrons. The highest BCUT2D eigenvalue weighted by molar-refractivity contribution is 8.10. The Morgan fingerprint density at radius 1 is 1.56 bits per heavy atom. The van der Waals surface area contributed by atoms with E-state index in [1.165, 1.54) is 0 Å². The van der Waals surface area contributed by atoms with Gasteiger partial charge in [-0.25, -0.2) is 0 Å². The molecule has 0 fully saturated rings. The molecule has 0 atom stereocenters. The van der Waals surface area contributed by atoms with Crippen LogP contribution in [0.1, 0.15) is 12.5 Å². The summed E-state index contributed by atoms with van der Waals surface area (Å²) in [6.45, 7) is 2.40. The van der Waals surface area contributed by atoms with Crippen molar-refractivity contribution in [3.8, 4) is 0 Å². The maximum absolute atomic E-state index is 11.7. The standard InChI is InChI=1S/C10H12Cl2NO2P/c1-3-15-10(14)9(16(11)12)13-6-4-5-8(2)7-13/h4-7H,3H2,1-2H3/b10-9-. The van der Waals surface area contributed by atoms with Crippen molar-refractivity contribution in [3.05, 3.63) is 36.0 Å². The number of nitrogens with zero attached hydrogens (tertiary/aromatic N) is 1. The zero-order valence-corrected chi connectivity index (χ0v) is 11.4. The van der Waals surface area contributed by atoms with Crippen molar-refractivity contribution in [2.45, 2.75) is 13.8 Å². The van der Waals surface area contributed by atoms with Crippen LogP contribution in [0.25, 0.3) is 5.44 Å². The minimum Gasteiger partial charge on any atom is -0.609 e. The Bertz CT molecular complexity index is 396. The molecule has 0 saturated heterocycles. The molecular formula is C10H12Cl2NO2P. The summed E-state index contributed by atoms with van der Waals surface area (Å²) in [6.07, 6.45) is 3.51. The summed E-state index contributed by atoms with van der Waals surface area (Å²) in [6, 6.07) is 3.74. The predicted octanol–water partition coefficient (Wildman–Crippen LogP) is 2.55. The van der Waals surface area contributed by atoms with Gasteiger partial charge in [0.25, 0.3) is 5.44 Å². The van der Waals surface area contributed by atoms with Gasteiger partial charge in [0.15, 0.2) is 19.0 Å². The molecule has 1 rings (SSSR count). The van der Waals surface area contributed by atoms with Gasteiger partial charge in [-0.15, -0.1) is 0 Å². The molecule has 1 aromatic rings. The van der Waals surface area contributed by atoms with Gasteiger partial charge in [-0.05, 0) is 19.6 Å². The average Bonchev–Trinajstić information content (AvgIpc) is 2.17. The van der Waals surface area contributed by atoms with E-state index in [9.17, 15) is 5.11 Å². The zero-order chi connectivity index (χ0) is 12.1. The second kappa shape index (κ2) is 6.29. The third kappa shape index (κ3) is 3.51. The van der Waals surface area contributed by atoms with Crippen LogP contribution in [0.4, 0.5) is 0 Å². The Hall–Kier alpha value is -0.500. The molecule has 0 N–H and O–H groups in total. The second-order valence-corrected chi connectivity index (χ2v) is 6.50. The fraction of sp³-hybridized carbons (Fsp3) is 0.300. The molecule has 0 radical (unpaired) electrons. The molecule has 0 aliphatic carbocycles. The fourth-order valence-corrected chi connectivity index (χ4v) is 2.62. The summed E-state index contributed by atoms with van der Waals surface area (Å²) in [7, 11) is 0. The van der Waals surface area contributed by atoms with Crippen molar-refractivity contribution < 1.29 is 14.4 Å². The van der Waals surface area contributed by atoms with Crippen LogP contribution >= 0.6 is 29.1 Å². The first kappa shape index (κ1) is 13.6. The lowest BCUT2D eigenvalue weighted by molar-refractivity contribution is -0.581. The number of aromatic nitrogens is 1. The van der Waals surface area contributed by atoms with Gasteiger partial charge in [0.2, 0.25) is 0 Å². The summed E-state index contributed by atoms with van der Waals surface area (Å²) in [4.78, 5) is 0. The van der Waals surface area contributed by atoms with E-state index in [1.54, 1.807) is 23.9 Å². The zero-order valence-electron chi connectivity index (χ0n) is 8.98. The van der Waals surface area contributed by atoms with Crippen LogP contribution in [0.3, 0.4) is 0 Å². The summed E-state index contributed by atoms with van der Waals surface area (Å²) in [5.74, 6) is -0.478. The number of halogens is 2. The predicted molar refractivity (Wildman–Crippen MR) is 64.8 cm³/mol. The van der Waals surface area contributed by atoms with E-state index in [2.05, 4.69) is 0 Å². The Morgan fingerprint density at radius 2 is 2.25 bits per heavy atom. The number of ether oxygens (including phenoxy) is 1. The van der Waals surface area contributed by atoms with Crippen molar-refractivity contribution in [2.24, 2.45) is 0 Å². The Balaban J connectivity index is 3.17. The Labute approximate surface area is 106 Å². The fourth-order valence-electron chi connectivity index (χ4n) is 1.18. The molecule has 16 heavy (non-hydrogen) atoms. The molecule has 0 aliphatic heterocycles. The molecule has 6 heteroatoms. The van der Waals surface area contributed by atoms with Crippen LogP contribution in [0.2, 0.25) is 0 Å². The number of rotatable bonds is 4. The first-order valence-electron chi connectivity index (χ1n) is 4.70. The van der Waals surface area contributed by atoms with Crippen LogP contribution in [0, 0.1) is 6.92 Å². The van der Waals surface area contributed by atoms with Gasteiger partial charge < -0.3 is 9.84 Å². The van der Waals surface area contributed by atoms with E-state index >= 15 is 0 Å². The number of pyridine rings is 1.